The Morgan fingerprint density at radius 1 is 1.50 bits per heavy atom. The van der Waals surface area contributed by atoms with Gasteiger partial charge in [0.25, 0.3) is 0 Å². The Morgan fingerprint density at radius 2 is 2.36 bits per heavy atom. The Balaban J connectivity index is 2.24. The summed E-state index contributed by atoms with van der Waals surface area (Å²) in [6, 6.07) is 6.12. The van der Waals surface area contributed by atoms with Crippen molar-refractivity contribution in [3.05, 3.63) is 28.8 Å². The molecule has 14 heavy (non-hydrogen) atoms. The van der Waals surface area contributed by atoms with Crippen LogP contribution in [0.4, 0.5) is 0 Å². The molecule has 0 unspecified atom stereocenters. The van der Waals surface area contributed by atoms with Crippen molar-refractivity contribution in [1.29, 1.82) is 0 Å². The van der Waals surface area contributed by atoms with E-state index in [1.807, 2.05) is 13.1 Å². The highest BCUT2D eigenvalue weighted by atomic mass is 32.1. The predicted octanol–water partition coefficient (Wildman–Crippen LogP) is 2.43. The molecule has 2 aromatic rings. The van der Waals surface area contributed by atoms with Gasteiger partial charge in [0.15, 0.2) is 5.76 Å². The highest BCUT2D eigenvalue weighted by molar-refractivity contribution is 7.15. The fraction of sp³-hybridized carbons (Fsp3) is 0.300. The van der Waals surface area contributed by atoms with E-state index in [9.17, 15) is 0 Å². The number of hydrogen-bond donors (Lipinski definition) is 1. The number of aryl methyl sites for hydroxylation is 1. The molecule has 0 bridgehead atoms. The smallest absolute Gasteiger partial charge is 0.177 e. The molecule has 0 atom stereocenters. The number of nitrogens with one attached hydrogen (secondary N) is 1. The fourth-order valence-electron chi connectivity index (χ4n) is 1.26. The molecule has 2 heterocycles. The van der Waals surface area contributed by atoms with Crippen molar-refractivity contribution in [3.8, 4) is 10.6 Å². The standard InChI is InChI=1S/C10H12N2OS/c1-7-3-4-10(14-7)9-5-8(6-11-2)12-13-9/h3-5,11H,6H2,1-2H3. The first-order valence-corrected chi connectivity index (χ1v) is 5.28. The van der Waals surface area contributed by atoms with E-state index < -0.39 is 0 Å². The molecule has 2 aromatic heterocycles. The number of rotatable bonds is 3. The number of nitrogens with zero attached hydrogens (tertiary/aromatic N) is 1. The molecule has 0 aliphatic carbocycles. The molecule has 2 rings (SSSR count). The zero-order chi connectivity index (χ0) is 9.97. The van der Waals surface area contributed by atoms with E-state index in [4.69, 9.17) is 4.52 Å². The van der Waals surface area contributed by atoms with E-state index >= 15 is 0 Å². The molecule has 74 valence electrons. The highest BCUT2D eigenvalue weighted by Gasteiger charge is 2.07. The molecule has 0 fully saturated rings. The zero-order valence-electron chi connectivity index (χ0n) is 8.20. The van der Waals surface area contributed by atoms with Gasteiger partial charge >= 0.3 is 0 Å². The van der Waals surface area contributed by atoms with Crippen LogP contribution in [-0.4, -0.2) is 12.2 Å². The van der Waals surface area contributed by atoms with E-state index in [2.05, 4.69) is 29.5 Å². The van der Waals surface area contributed by atoms with Crippen molar-refractivity contribution in [2.24, 2.45) is 0 Å². The van der Waals surface area contributed by atoms with Gasteiger partial charge in [0.1, 0.15) is 0 Å². The van der Waals surface area contributed by atoms with Crippen LogP contribution in [0.3, 0.4) is 0 Å². The van der Waals surface area contributed by atoms with Crippen LogP contribution in [0.15, 0.2) is 22.7 Å². The summed E-state index contributed by atoms with van der Waals surface area (Å²) in [5.74, 6) is 0.855. The van der Waals surface area contributed by atoms with Crippen LogP contribution in [0.2, 0.25) is 0 Å². The molecule has 0 amide bonds. The van der Waals surface area contributed by atoms with Gasteiger partial charge in [0, 0.05) is 17.5 Å². The highest BCUT2D eigenvalue weighted by Crippen LogP contribution is 2.27. The van der Waals surface area contributed by atoms with E-state index in [0.717, 1.165) is 22.9 Å². The quantitative estimate of drug-likeness (QED) is 0.841. The predicted molar refractivity (Wildman–Crippen MR) is 57.3 cm³/mol. The Labute approximate surface area is 86.7 Å². The van der Waals surface area contributed by atoms with Crippen LogP contribution in [-0.2, 0) is 6.54 Å². The lowest BCUT2D eigenvalue weighted by atomic mass is 10.3. The zero-order valence-corrected chi connectivity index (χ0v) is 9.02. The molecule has 0 aliphatic rings. The van der Waals surface area contributed by atoms with Crippen LogP contribution in [0, 0.1) is 6.92 Å². The molecule has 0 saturated carbocycles. The lowest BCUT2D eigenvalue weighted by Gasteiger charge is -1.87. The molecule has 0 spiro atoms. The second-order valence-corrected chi connectivity index (χ2v) is 4.41. The first-order valence-electron chi connectivity index (χ1n) is 4.46. The lowest BCUT2D eigenvalue weighted by molar-refractivity contribution is 0.422. The third-order valence-electron chi connectivity index (χ3n) is 1.90. The van der Waals surface area contributed by atoms with Crippen molar-refractivity contribution in [2.45, 2.75) is 13.5 Å². The van der Waals surface area contributed by atoms with Crippen molar-refractivity contribution in [2.75, 3.05) is 7.05 Å². The van der Waals surface area contributed by atoms with Gasteiger partial charge in [-0.25, -0.2) is 0 Å². The summed E-state index contributed by atoms with van der Waals surface area (Å²) in [7, 11) is 1.89. The van der Waals surface area contributed by atoms with Crippen LogP contribution < -0.4 is 5.32 Å². The lowest BCUT2D eigenvalue weighted by Crippen LogP contribution is -2.04. The average molecular weight is 208 g/mol. The van der Waals surface area contributed by atoms with E-state index in [1.54, 1.807) is 11.3 Å². The monoisotopic (exact) mass is 208 g/mol. The maximum absolute atomic E-state index is 5.24. The minimum Gasteiger partial charge on any atom is -0.355 e. The van der Waals surface area contributed by atoms with Gasteiger partial charge in [0.2, 0.25) is 0 Å². The molecular formula is C10H12N2OS. The summed E-state index contributed by atoms with van der Waals surface area (Å²) in [4.78, 5) is 2.42. The Hall–Kier alpha value is -1.13. The van der Waals surface area contributed by atoms with Crippen molar-refractivity contribution >= 4 is 11.3 Å². The molecule has 0 saturated heterocycles. The number of thiophene rings is 1. The molecule has 0 aromatic carbocycles. The van der Waals surface area contributed by atoms with Crippen LogP contribution in [0.25, 0.3) is 10.6 Å². The SMILES string of the molecule is CNCc1cc(-c2ccc(C)s2)on1. The normalized spacial score (nSPS) is 10.7. The van der Waals surface area contributed by atoms with Crippen LogP contribution in [0.5, 0.6) is 0 Å². The topological polar surface area (TPSA) is 38.1 Å². The van der Waals surface area contributed by atoms with E-state index in [-0.39, 0.29) is 0 Å². The Morgan fingerprint density at radius 3 is 3.00 bits per heavy atom. The first-order chi connectivity index (χ1) is 6.79. The molecule has 1 N–H and O–H groups in total. The minimum absolute atomic E-state index is 0.744. The van der Waals surface area contributed by atoms with E-state index in [1.165, 1.54) is 4.88 Å². The molecule has 0 aliphatic heterocycles. The van der Waals surface area contributed by atoms with Crippen molar-refractivity contribution in [1.82, 2.24) is 10.5 Å². The average Bonchev–Trinajstić information content (AvgIpc) is 2.74. The van der Waals surface area contributed by atoms with Gasteiger partial charge in [-0.15, -0.1) is 11.3 Å². The van der Waals surface area contributed by atoms with Gasteiger partial charge in [-0.3, -0.25) is 0 Å². The minimum atomic E-state index is 0.744. The largest absolute Gasteiger partial charge is 0.355 e. The van der Waals surface area contributed by atoms with Crippen LogP contribution >= 0.6 is 11.3 Å². The first kappa shape index (κ1) is 9.43. The summed E-state index contributed by atoms with van der Waals surface area (Å²) in [5.41, 5.74) is 0.938. The molecule has 4 heteroatoms. The molecule has 0 radical (unpaired) electrons. The summed E-state index contributed by atoms with van der Waals surface area (Å²) in [5, 5.41) is 7.00. The second kappa shape index (κ2) is 3.94. The van der Waals surface area contributed by atoms with Crippen LogP contribution in [0.1, 0.15) is 10.6 Å². The fourth-order valence-corrected chi connectivity index (χ4v) is 2.08. The third kappa shape index (κ3) is 1.86. The summed E-state index contributed by atoms with van der Waals surface area (Å²) < 4.78 is 5.24. The summed E-state index contributed by atoms with van der Waals surface area (Å²) in [6.07, 6.45) is 0. The second-order valence-electron chi connectivity index (χ2n) is 3.12. The summed E-state index contributed by atoms with van der Waals surface area (Å²) >= 11 is 1.72. The van der Waals surface area contributed by atoms with Gasteiger partial charge in [-0.05, 0) is 26.1 Å². The molecule has 3 nitrogen and oxygen atoms in total. The Bertz CT molecular complexity index is 419. The Kier molecular flexibility index (Phi) is 2.65. The van der Waals surface area contributed by atoms with Gasteiger partial charge in [0.05, 0.1) is 10.6 Å². The third-order valence-corrected chi connectivity index (χ3v) is 2.92. The van der Waals surface area contributed by atoms with E-state index in [0.29, 0.717) is 0 Å². The van der Waals surface area contributed by atoms with Crippen molar-refractivity contribution in [3.63, 3.8) is 0 Å². The number of hydrogen-bond acceptors (Lipinski definition) is 4. The number of aromatic nitrogens is 1. The summed E-state index contributed by atoms with van der Waals surface area (Å²) in [6.45, 7) is 2.83. The van der Waals surface area contributed by atoms with Crippen molar-refractivity contribution < 1.29 is 4.52 Å². The van der Waals surface area contributed by atoms with Gasteiger partial charge < -0.3 is 9.84 Å². The van der Waals surface area contributed by atoms with Gasteiger partial charge in [-0.1, -0.05) is 5.16 Å². The molecular weight excluding hydrogens is 196 g/mol. The van der Waals surface area contributed by atoms with Gasteiger partial charge in [-0.2, -0.15) is 0 Å². The maximum Gasteiger partial charge on any atom is 0.177 e. The maximum atomic E-state index is 5.24.